The maximum absolute atomic E-state index is 12.0. The topological polar surface area (TPSA) is 94.1 Å². The summed E-state index contributed by atoms with van der Waals surface area (Å²) in [4.78, 5) is 23.9. The molecule has 0 saturated carbocycles. The van der Waals surface area contributed by atoms with Crippen LogP contribution in [0, 0.1) is 0 Å². The number of aliphatic hydroxyl groups is 1. The van der Waals surface area contributed by atoms with Crippen LogP contribution in [0.4, 0.5) is 5.69 Å². The van der Waals surface area contributed by atoms with Gasteiger partial charge in [-0.25, -0.2) is 4.79 Å². The summed E-state index contributed by atoms with van der Waals surface area (Å²) in [6.07, 6.45) is -1.44. The van der Waals surface area contributed by atoms with Gasteiger partial charge in [-0.2, -0.15) is 0 Å². The highest BCUT2D eigenvalue weighted by Gasteiger charge is 2.20. The molecule has 7 heteroatoms. The number of aliphatic hydroxyl groups excluding tert-OH is 1. The molecule has 0 bridgehead atoms. The molecule has 144 valence electrons. The Morgan fingerprint density at radius 1 is 1.00 bits per heavy atom. The molecule has 7 nitrogen and oxygen atoms in total. The van der Waals surface area contributed by atoms with E-state index in [9.17, 15) is 14.7 Å². The Labute approximate surface area is 157 Å². The first kappa shape index (κ1) is 20.3. The number of ether oxygens (including phenoxy) is 3. The molecule has 0 heterocycles. The maximum Gasteiger partial charge on any atom is 0.340 e. The van der Waals surface area contributed by atoms with Crippen LogP contribution < -0.4 is 14.8 Å². The molecule has 0 aliphatic heterocycles. The summed E-state index contributed by atoms with van der Waals surface area (Å²) < 4.78 is 15.8. The van der Waals surface area contributed by atoms with Crippen LogP contribution in [0.3, 0.4) is 0 Å². The number of hydrogen-bond acceptors (Lipinski definition) is 6. The second-order valence-corrected chi connectivity index (χ2v) is 5.50. The first-order valence-electron chi connectivity index (χ1n) is 8.64. The van der Waals surface area contributed by atoms with E-state index in [1.54, 1.807) is 48.5 Å². The van der Waals surface area contributed by atoms with Crippen molar-refractivity contribution in [2.45, 2.75) is 20.0 Å². The molecule has 1 amide bonds. The quantitative estimate of drug-likeness (QED) is 0.657. The standard InChI is InChI=1S/C20H23NO6/c1-3-25-16-11-10-15(12-17(16)26-4-2)21-18(22)13-27-20(24)19(23)14-8-6-5-7-9-14/h5-12,19,23H,3-4,13H2,1-2H3,(H,21,22)/t19-/m1/s1. The Morgan fingerprint density at radius 3 is 2.33 bits per heavy atom. The maximum atomic E-state index is 12.0. The lowest BCUT2D eigenvalue weighted by molar-refractivity contribution is -0.156. The average molecular weight is 373 g/mol. The molecular weight excluding hydrogens is 350 g/mol. The van der Waals surface area contributed by atoms with Crippen LogP contribution in [0.25, 0.3) is 0 Å². The summed E-state index contributed by atoms with van der Waals surface area (Å²) in [5.41, 5.74) is 0.877. The molecule has 0 aromatic heterocycles. The Hall–Kier alpha value is -3.06. The summed E-state index contributed by atoms with van der Waals surface area (Å²) >= 11 is 0. The summed E-state index contributed by atoms with van der Waals surface area (Å²) in [7, 11) is 0. The van der Waals surface area contributed by atoms with E-state index in [1.807, 2.05) is 13.8 Å². The number of rotatable bonds is 9. The van der Waals surface area contributed by atoms with Gasteiger partial charge in [0.15, 0.2) is 24.2 Å². The van der Waals surface area contributed by atoms with Crippen molar-refractivity contribution in [1.29, 1.82) is 0 Å². The molecule has 27 heavy (non-hydrogen) atoms. The summed E-state index contributed by atoms with van der Waals surface area (Å²) in [5.74, 6) is -0.336. The molecule has 1 atom stereocenters. The van der Waals surface area contributed by atoms with Crippen LogP contribution in [0.1, 0.15) is 25.5 Å². The highest BCUT2D eigenvalue weighted by Crippen LogP contribution is 2.30. The molecule has 0 saturated heterocycles. The molecule has 0 radical (unpaired) electrons. The summed E-state index contributed by atoms with van der Waals surface area (Å²) in [5, 5.41) is 12.5. The fraction of sp³-hybridized carbons (Fsp3) is 0.300. The van der Waals surface area contributed by atoms with Gasteiger partial charge in [0.1, 0.15) is 0 Å². The molecule has 0 spiro atoms. The van der Waals surface area contributed by atoms with E-state index >= 15 is 0 Å². The van der Waals surface area contributed by atoms with Crippen LogP contribution in [0.15, 0.2) is 48.5 Å². The van der Waals surface area contributed by atoms with Gasteiger partial charge in [0.2, 0.25) is 0 Å². The van der Waals surface area contributed by atoms with Gasteiger partial charge >= 0.3 is 5.97 Å². The monoisotopic (exact) mass is 373 g/mol. The predicted molar refractivity (Wildman–Crippen MR) is 99.8 cm³/mol. The third-order valence-electron chi connectivity index (χ3n) is 3.51. The van der Waals surface area contributed by atoms with E-state index in [2.05, 4.69) is 5.32 Å². The molecular formula is C20H23NO6. The lowest BCUT2D eigenvalue weighted by atomic mass is 10.1. The molecule has 0 unspecified atom stereocenters. The largest absolute Gasteiger partial charge is 0.490 e. The SMILES string of the molecule is CCOc1ccc(NC(=O)COC(=O)[C@H](O)c2ccccc2)cc1OCC. The fourth-order valence-electron chi connectivity index (χ4n) is 2.31. The van der Waals surface area contributed by atoms with Crippen LogP contribution in [0.5, 0.6) is 11.5 Å². The lowest BCUT2D eigenvalue weighted by Crippen LogP contribution is -2.24. The number of esters is 1. The number of anilines is 1. The van der Waals surface area contributed by atoms with Gasteiger partial charge in [-0.1, -0.05) is 30.3 Å². The minimum atomic E-state index is -1.44. The van der Waals surface area contributed by atoms with Gasteiger partial charge in [-0.15, -0.1) is 0 Å². The van der Waals surface area contributed by atoms with Crippen molar-refractivity contribution in [1.82, 2.24) is 0 Å². The van der Waals surface area contributed by atoms with Gasteiger partial charge in [0, 0.05) is 11.8 Å². The second-order valence-electron chi connectivity index (χ2n) is 5.50. The number of carbonyl (C=O) groups excluding carboxylic acids is 2. The van der Waals surface area contributed by atoms with Crippen LogP contribution in [-0.2, 0) is 14.3 Å². The third-order valence-corrected chi connectivity index (χ3v) is 3.51. The van der Waals surface area contributed by atoms with Gasteiger partial charge in [-0.05, 0) is 31.5 Å². The first-order chi connectivity index (χ1) is 13.0. The Kier molecular flexibility index (Phi) is 7.63. The van der Waals surface area contributed by atoms with Crippen molar-refractivity contribution in [3.8, 4) is 11.5 Å². The van der Waals surface area contributed by atoms with Crippen molar-refractivity contribution < 1.29 is 28.9 Å². The van der Waals surface area contributed by atoms with Crippen molar-refractivity contribution in [2.24, 2.45) is 0 Å². The number of benzene rings is 2. The lowest BCUT2D eigenvalue weighted by Gasteiger charge is -2.13. The Morgan fingerprint density at radius 2 is 1.67 bits per heavy atom. The van der Waals surface area contributed by atoms with Crippen LogP contribution in [0.2, 0.25) is 0 Å². The van der Waals surface area contributed by atoms with E-state index in [0.717, 1.165) is 0 Å². The highest BCUT2D eigenvalue weighted by atomic mass is 16.6. The summed E-state index contributed by atoms with van der Waals surface area (Å²) in [6, 6.07) is 13.3. The van der Waals surface area contributed by atoms with E-state index in [4.69, 9.17) is 14.2 Å². The Bertz CT molecular complexity index is 762. The van der Waals surface area contributed by atoms with E-state index in [0.29, 0.717) is 36.0 Å². The predicted octanol–water partition coefficient (Wildman–Crippen LogP) is 2.70. The zero-order chi connectivity index (χ0) is 19.6. The number of hydrogen-bond donors (Lipinski definition) is 2. The number of carbonyl (C=O) groups is 2. The fourth-order valence-corrected chi connectivity index (χ4v) is 2.31. The molecule has 2 rings (SSSR count). The van der Waals surface area contributed by atoms with Crippen molar-refractivity contribution in [2.75, 3.05) is 25.1 Å². The van der Waals surface area contributed by atoms with E-state index < -0.39 is 24.6 Å². The molecule has 2 N–H and O–H groups in total. The van der Waals surface area contributed by atoms with Gasteiger partial charge in [0.05, 0.1) is 13.2 Å². The smallest absolute Gasteiger partial charge is 0.340 e. The van der Waals surface area contributed by atoms with Crippen molar-refractivity contribution in [3.63, 3.8) is 0 Å². The zero-order valence-electron chi connectivity index (χ0n) is 15.3. The normalized spacial score (nSPS) is 11.4. The highest BCUT2D eigenvalue weighted by molar-refractivity contribution is 5.93. The van der Waals surface area contributed by atoms with Gasteiger partial charge in [0.25, 0.3) is 5.91 Å². The van der Waals surface area contributed by atoms with Crippen LogP contribution in [-0.4, -0.2) is 36.8 Å². The molecule has 0 aliphatic rings. The minimum Gasteiger partial charge on any atom is -0.490 e. The summed E-state index contributed by atoms with van der Waals surface area (Å²) in [6.45, 7) is 4.14. The van der Waals surface area contributed by atoms with E-state index in [1.165, 1.54) is 0 Å². The average Bonchev–Trinajstić information content (AvgIpc) is 2.68. The molecule has 2 aromatic rings. The van der Waals surface area contributed by atoms with Crippen molar-refractivity contribution in [3.05, 3.63) is 54.1 Å². The van der Waals surface area contributed by atoms with Gasteiger partial charge in [-0.3, -0.25) is 4.79 Å². The molecule has 0 aliphatic carbocycles. The van der Waals surface area contributed by atoms with Crippen molar-refractivity contribution >= 4 is 17.6 Å². The third kappa shape index (κ3) is 6.00. The molecule has 2 aromatic carbocycles. The van der Waals surface area contributed by atoms with Gasteiger partial charge < -0.3 is 24.6 Å². The Balaban J connectivity index is 1.91. The first-order valence-corrected chi connectivity index (χ1v) is 8.64. The second kappa shape index (κ2) is 10.2. The minimum absolute atomic E-state index is 0.399. The molecule has 0 fully saturated rings. The number of amides is 1. The number of nitrogens with one attached hydrogen (secondary N) is 1. The zero-order valence-corrected chi connectivity index (χ0v) is 15.3. The van der Waals surface area contributed by atoms with Crippen LogP contribution >= 0.6 is 0 Å². The van der Waals surface area contributed by atoms with E-state index in [-0.39, 0.29) is 0 Å².